The maximum atomic E-state index is 12.6. The van der Waals surface area contributed by atoms with Crippen LogP contribution in [0.25, 0.3) is 0 Å². The lowest BCUT2D eigenvalue weighted by Gasteiger charge is -2.25. The van der Waals surface area contributed by atoms with E-state index < -0.39 is 11.9 Å². The Morgan fingerprint density at radius 3 is 2.63 bits per heavy atom. The molecule has 0 bridgehead atoms. The minimum Gasteiger partial charge on any atom is -0.377 e. The molecule has 2 N–H and O–H groups in total. The second-order valence-electron chi connectivity index (χ2n) is 4.97. The predicted molar refractivity (Wildman–Crippen MR) is 74.0 cm³/mol. The molecule has 1 heterocycles. The third-order valence-electron chi connectivity index (χ3n) is 3.46. The van der Waals surface area contributed by atoms with Crippen molar-refractivity contribution in [3.8, 4) is 0 Å². The average molecular weight is 261 g/mol. The van der Waals surface area contributed by atoms with Gasteiger partial charge in [0.05, 0.1) is 5.56 Å². The molecule has 1 unspecified atom stereocenters. The van der Waals surface area contributed by atoms with Gasteiger partial charge in [-0.05, 0) is 25.0 Å². The third kappa shape index (κ3) is 2.54. The molecule has 0 spiro atoms. The van der Waals surface area contributed by atoms with E-state index in [0.29, 0.717) is 18.5 Å². The van der Waals surface area contributed by atoms with Crippen LogP contribution in [0.1, 0.15) is 23.2 Å². The summed E-state index contributed by atoms with van der Waals surface area (Å²) in [5.74, 6) is -0.543. The third-order valence-corrected chi connectivity index (χ3v) is 3.46. The Morgan fingerprint density at radius 1 is 1.32 bits per heavy atom. The quantitative estimate of drug-likeness (QED) is 0.877. The molecule has 0 aliphatic carbocycles. The molecule has 1 aromatic rings. The van der Waals surface area contributed by atoms with Crippen molar-refractivity contribution in [2.24, 2.45) is 5.73 Å². The number of hydrogen-bond donors (Lipinski definition) is 1. The first-order chi connectivity index (χ1) is 9.02. The molecule has 5 nitrogen and oxygen atoms in total. The number of likely N-dealkylation sites (tertiary alicyclic amines) is 1. The van der Waals surface area contributed by atoms with Crippen molar-refractivity contribution < 1.29 is 9.59 Å². The maximum Gasteiger partial charge on any atom is 0.256 e. The SMILES string of the molecule is CN(C)c1ccccc1C(=O)N1CCCC1C(N)=O. The van der Waals surface area contributed by atoms with E-state index in [9.17, 15) is 9.59 Å². The fraction of sp³-hybridized carbons (Fsp3) is 0.429. The number of rotatable bonds is 3. The number of para-hydroxylation sites is 1. The Labute approximate surface area is 113 Å². The lowest BCUT2D eigenvalue weighted by atomic mass is 10.1. The number of nitrogens with two attached hydrogens (primary N) is 1. The molecule has 2 rings (SSSR count). The van der Waals surface area contributed by atoms with E-state index in [2.05, 4.69) is 0 Å². The van der Waals surface area contributed by atoms with E-state index in [0.717, 1.165) is 12.1 Å². The van der Waals surface area contributed by atoms with Crippen molar-refractivity contribution >= 4 is 17.5 Å². The van der Waals surface area contributed by atoms with Gasteiger partial charge >= 0.3 is 0 Å². The zero-order valence-electron chi connectivity index (χ0n) is 11.3. The largest absolute Gasteiger partial charge is 0.377 e. The van der Waals surface area contributed by atoms with Gasteiger partial charge in [-0.15, -0.1) is 0 Å². The van der Waals surface area contributed by atoms with Crippen molar-refractivity contribution in [3.63, 3.8) is 0 Å². The van der Waals surface area contributed by atoms with Crippen LogP contribution >= 0.6 is 0 Å². The first-order valence-corrected chi connectivity index (χ1v) is 6.39. The highest BCUT2D eigenvalue weighted by molar-refractivity contribution is 6.02. The molecule has 5 heteroatoms. The Morgan fingerprint density at radius 2 is 2.00 bits per heavy atom. The van der Waals surface area contributed by atoms with E-state index in [1.807, 2.05) is 37.2 Å². The summed E-state index contributed by atoms with van der Waals surface area (Å²) in [5.41, 5.74) is 6.82. The Kier molecular flexibility index (Phi) is 3.74. The molecule has 1 saturated heterocycles. The maximum absolute atomic E-state index is 12.6. The number of carbonyl (C=O) groups excluding carboxylic acids is 2. The lowest BCUT2D eigenvalue weighted by molar-refractivity contribution is -0.121. The van der Waals surface area contributed by atoms with Crippen LogP contribution in [-0.4, -0.2) is 43.4 Å². The molecular formula is C14H19N3O2. The van der Waals surface area contributed by atoms with Gasteiger partial charge in [-0.2, -0.15) is 0 Å². The smallest absolute Gasteiger partial charge is 0.256 e. The highest BCUT2D eigenvalue weighted by Crippen LogP contribution is 2.24. The number of primary amides is 1. The number of benzene rings is 1. The Balaban J connectivity index is 2.32. The highest BCUT2D eigenvalue weighted by atomic mass is 16.2. The average Bonchev–Trinajstić information content (AvgIpc) is 2.87. The number of hydrogen-bond acceptors (Lipinski definition) is 3. The van der Waals surface area contributed by atoms with Crippen LogP contribution in [0, 0.1) is 0 Å². The first-order valence-electron chi connectivity index (χ1n) is 6.39. The van der Waals surface area contributed by atoms with E-state index in [4.69, 9.17) is 5.73 Å². The molecule has 0 radical (unpaired) electrons. The summed E-state index contributed by atoms with van der Waals surface area (Å²) >= 11 is 0. The summed E-state index contributed by atoms with van der Waals surface area (Å²) in [6.45, 7) is 0.591. The molecule has 1 aliphatic rings. The number of nitrogens with zero attached hydrogens (tertiary/aromatic N) is 2. The van der Waals surface area contributed by atoms with E-state index >= 15 is 0 Å². The number of anilines is 1. The normalized spacial score (nSPS) is 18.4. The van der Waals surface area contributed by atoms with Crippen molar-refractivity contribution in [3.05, 3.63) is 29.8 Å². The standard InChI is InChI=1S/C14H19N3O2/c1-16(2)11-7-4-3-6-10(11)14(19)17-9-5-8-12(17)13(15)18/h3-4,6-7,12H,5,8-9H2,1-2H3,(H2,15,18). The van der Waals surface area contributed by atoms with Crippen molar-refractivity contribution in [2.75, 3.05) is 25.5 Å². The van der Waals surface area contributed by atoms with Crippen molar-refractivity contribution in [2.45, 2.75) is 18.9 Å². The summed E-state index contributed by atoms with van der Waals surface area (Å²) in [6, 6.07) is 6.93. The van der Waals surface area contributed by atoms with Gasteiger partial charge in [0.15, 0.2) is 0 Å². The minimum atomic E-state index is -0.470. The zero-order chi connectivity index (χ0) is 14.0. The molecule has 0 saturated carbocycles. The molecule has 1 aliphatic heterocycles. The van der Waals surface area contributed by atoms with Crippen LogP contribution in [-0.2, 0) is 4.79 Å². The van der Waals surface area contributed by atoms with Gasteiger partial charge < -0.3 is 15.5 Å². The van der Waals surface area contributed by atoms with Gasteiger partial charge in [-0.3, -0.25) is 9.59 Å². The molecule has 2 amide bonds. The predicted octanol–water partition coefficient (Wildman–Crippen LogP) is 0.842. The zero-order valence-corrected chi connectivity index (χ0v) is 11.3. The first kappa shape index (κ1) is 13.4. The second-order valence-corrected chi connectivity index (χ2v) is 4.97. The molecule has 102 valence electrons. The van der Waals surface area contributed by atoms with Gasteiger partial charge in [0.25, 0.3) is 5.91 Å². The van der Waals surface area contributed by atoms with Crippen molar-refractivity contribution in [1.82, 2.24) is 4.90 Å². The summed E-state index contributed by atoms with van der Waals surface area (Å²) in [4.78, 5) is 27.4. The molecule has 19 heavy (non-hydrogen) atoms. The van der Waals surface area contributed by atoms with Gasteiger partial charge in [0.2, 0.25) is 5.91 Å². The summed E-state index contributed by atoms with van der Waals surface area (Å²) in [7, 11) is 3.78. The van der Waals surface area contributed by atoms with Gasteiger partial charge in [0, 0.05) is 26.3 Å². The minimum absolute atomic E-state index is 0.120. The Hall–Kier alpha value is -2.04. The van der Waals surface area contributed by atoms with Crippen LogP contribution in [0.2, 0.25) is 0 Å². The summed E-state index contributed by atoms with van der Waals surface area (Å²) < 4.78 is 0. The Bertz CT molecular complexity index is 499. The van der Waals surface area contributed by atoms with Crippen LogP contribution < -0.4 is 10.6 Å². The van der Waals surface area contributed by atoms with E-state index in [-0.39, 0.29) is 5.91 Å². The molecule has 0 aromatic heterocycles. The van der Waals surface area contributed by atoms with Crippen LogP contribution in [0.4, 0.5) is 5.69 Å². The summed E-state index contributed by atoms with van der Waals surface area (Å²) in [5, 5.41) is 0. The number of amides is 2. The molecule has 1 fully saturated rings. The monoisotopic (exact) mass is 261 g/mol. The summed E-state index contributed by atoms with van der Waals surface area (Å²) in [6.07, 6.45) is 1.48. The van der Waals surface area contributed by atoms with E-state index in [1.54, 1.807) is 11.0 Å². The molecule has 1 aromatic carbocycles. The van der Waals surface area contributed by atoms with Gasteiger partial charge in [-0.1, -0.05) is 12.1 Å². The van der Waals surface area contributed by atoms with Crippen LogP contribution in [0.15, 0.2) is 24.3 Å². The molecule has 1 atom stereocenters. The van der Waals surface area contributed by atoms with Crippen LogP contribution in [0.5, 0.6) is 0 Å². The second kappa shape index (κ2) is 5.30. The van der Waals surface area contributed by atoms with Crippen LogP contribution in [0.3, 0.4) is 0 Å². The van der Waals surface area contributed by atoms with Crippen molar-refractivity contribution in [1.29, 1.82) is 0 Å². The van der Waals surface area contributed by atoms with Gasteiger partial charge in [-0.25, -0.2) is 0 Å². The molecular weight excluding hydrogens is 242 g/mol. The fourth-order valence-corrected chi connectivity index (χ4v) is 2.50. The topological polar surface area (TPSA) is 66.6 Å². The fourth-order valence-electron chi connectivity index (χ4n) is 2.50. The van der Waals surface area contributed by atoms with E-state index in [1.165, 1.54) is 0 Å². The highest BCUT2D eigenvalue weighted by Gasteiger charge is 2.33. The number of carbonyl (C=O) groups is 2. The lowest BCUT2D eigenvalue weighted by Crippen LogP contribution is -2.44. The van der Waals surface area contributed by atoms with Gasteiger partial charge in [0.1, 0.15) is 6.04 Å².